The van der Waals surface area contributed by atoms with Crippen LogP contribution in [0.2, 0.25) is 0 Å². The Bertz CT molecular complexity index is 839. The summed E-state index contributed by atoms with van der Waals surface area (Å²) in [5, 5.41) is 13.8. The summed E-state index contributed by atoms with van der Waals surface area (Å²) in [4.78, 5) is 25.1. The van der Waals surface area contributed by atoms with E-state index in [1.165, 1.54) is 161 Å². The lowest BCUT2D eigenvalue weighted by Gasteiger charge is -2.30. The molecule has 0 aliphatic rings. The SMILES string of the molecule is CCCCCCCCCCCCCCCCCCCCCCCCCCC(O)C(COP(=O)([O-])OCC[N+](C)(C)C)NC(=O)CCCCCCCCC. The Kier molecular flexibility index (Phi) is 36.7. The van der Waals surface area contributed by atoms with Crippen molar-refractivity contribution in [3.63, 3.8) is 0 Å². The van der Waals surface area contributed by atoms with E-state index < -0.39 is 20.0 Å². The second-order valence-corrected chi connectivity index (χ2v) is 18.5. The Morgan fingerprint density at radius 3 is 1.28 bits per heavy atom. The van der Waals surface area contributed by atoms with Crippen molar-refractivity contribution in [3.05, 3.63) is 0 Å². The van der Waals surface area contributed by atoms with Crippen molar-refractivity contribution in [2.75, 3.05) is 40.9 Å². The summed E-state index contributed by atoms with van der Waals surface area (Å²) < 4.78 is 23.2. The number of hydrogen-bond acceptors (Lipinski definition) is 6. The monoisotopic (exact) mass is 775 g/mol. The van der Waals surface area contributed by atoms with Crippen LogP contribution in [0, 0.1) is 0 Å². The molecule has 0 radical (unpaired) electrons. The van der Waals surface area contributed by atoms with Crippen molar-refractivity contribution >= 4 is 13.7 Å². The molecular weight excluding hydrogens is 683 g/mol. The van der Waals surface area contributed by atoms with Crippen molar-refractivity contribution in [2.45, 2.75) is 238 Å². The fourth-order valence-electron chi connectivity index (χ4n) is 6.92. The number of quaternary nitrogens is 1. The van der Waals surface area contributed by atoms with Crippen LogP contribution < -0.4 is 10.2 Å². The van der Waals surface area contributed by atoms with E-state index in [0.29, 0.717) is 23.9 Å². The Labute approximate surface area is 329 Å². The van der Waals surface area contributed by atoms with Gasteiger partial charge in [0.05, 0.1) is 39.9 Å². The van der Waals surface area contributed by atoms with Gasteiger partial charge in [-0.05, 0) is 12.8 Å². The van der Waals surface area contributed by atoms with Crippen LogP contribution in [0.3, 0.4) is 0 Å². The summed E-state index contributed by atoms with van der Waals surface area (Å²) in [6.07, 6.45) is 40.0. The number of aliphatic hydroxyl groups excluding tert-OH is 1. The van der Waals surface area contributed by atoms with Crippen molar-refractivity contribution < 1.29 is 32.9 Å². The third-order valence-electron chi connectivity index (χ3n) is 10.6. The van der Waals surface area contributed by atoms with Crippen molar-refractivity contribution in [1.29, 1.82) is 0 Å². The number of phosphoric acid groups is 1. The van der Waals surface area contributed by atoms with Gasteiger partial charge in [0.15, 0.2) is 0 Å². The molecule has 0 aromatic heterocycles. The van der Waals surface area contributed by atoms with E-state index in [1.54, 1.807) is 0 Å². The van der Waals surface area contributed by atoms with Gasteiger partial charge in [-0.1, -0.05) is 206 Å². The van der Waals surface area contributed by atoms with Crippen LogP contribution in [0.1, 0.15) is 226 Å². The van der Waals surface area contributed by atoms with Crippen LogP contribution in [0.15, 0.2) is 0 Å². The average Bonchev–Trinajstić information content (AvgIpc) is 3.10. The topological polar surface area (TPSA) is 108 Å². The summed E-state index contributed by atoms with van der Waals surface area (Å²) in [6, 6.07) is -0.791. The minimum atomic E-state index is -4.55. The zero-order valence-corrected chi connectivity index (χ0v) is 36.9. The number of carbonyl (C=O) groups is 1. The molecule has 0 aromatic rings. The Hall–Kier alpha value is -0.500. The molecule has 0 aromatic carbocycles. The molecule has 0 spiro atoms. The quantitative estimate of drug-likeness (QED) is 0.0363. The fourth-order valence-corrected chi connectivity index (χ4v) is 7.65. The maximum atomic E-state index is 12.7. The molecule has 0 heterocycles. The third-order valence-corrected chi connectivity index (χ3v) is 11.6. The molecule has 0 saturated heterocycles. The first-order valence-electron chi connectivity index (χ1n) is 22.9. The number of amides is 1. The highest BCUT2D eigenvalue weighted by molar-refractivity contribution is 7.45. The van der Waals surface area contributed by atoms with Gasteiger partial charge >= 0.3 is 0 Å². The Morgan fingerprint density at radius 2 is 0.925 bits per heavy atom. The summed E-state index contributed by atoms with van der Waals surface area (Å²) in [6.45, 7) is 4.69. The summed E-state index contributed by atoms with van der Waals surface area (Å²) in [5.74, 6) is -0.169. The number of carbonyl (C=O) groups excluding carboxylic acids is 1. The van der Waals surface area contributed by atoms with Crippen LogP contribution in [0.25, 0.3) is 0 Å². The predicted octanol–water partition coefficient (Wildman–Crippen LogP) is 12.0. The van der Waals surface area contributed by atoms with Gasteiger partial charge in [-0.25, -0.2) is 0 Å². The van der Waals surface area contributed by atoms with Gasteiger partial charge in [-0.2, -0.15) is 0 Å². The van der Waals surface area contributed by atoms with E-state index >= 15 is 0 Å². The van der Waals surface area contributed by atoms with E-state index in [-0.39, 0.29) is 19.1 Å². The van der Waals surface area contributed by atoms with Crippen LogP contribution in [-0.4, -0.2) is 68.5 Å². The van der Waals surface area contributed by atoms with E-state index in [0.717, 1.165) is 38.5 Å². The molecule has 0 aliphatic heterocycles. The number of rotatable bonds is 42. The van der Waals surface area contributed by atoms with E-state index in [4.69, 9.17) is 9.05 Å². The average molecular weight is 775 g/mol. The molecule has 1 amide bonds. The third kappa shape index (κ3) is 39.5. The number of phosphoric ester groups is 1. The van der Waals surface area contributed by atoms with Gasteiger partial charge in [-0.3, -0.25) is 9.36 Å². The highest BCUT2D eigenvalue weighted by atomic mass is 31.2. The molecule has 0 bridgehead atoms. The summed E-state index contributed by atoms with van der Waals surface area (Å²) in [5.41, 5.74) is 0. The van der Waals surface area contributed by atoms with Gasteiger partial charge in [0.25, 0.3) is 7.82 Å². The minimum Gasteiger partial charge on any atom is -0.756 e. The summed E-state index contributed by atoms with van der Waals surface area (Å²) >= 11 is 0. The van der Waals surface area contributed by atoms with Crippen LogP contribution in [0.5, 0.6) is 0 Å². The first kappa shape index (κ1) is 52.5. The first-order valence-corrected chi connectivity index (χ1v) is 24.3. The number of aliphatic hydroxyl groups is 1. The molecule has 3 unspecified atom stereocenters. The van der Waals surface area contributed by atoms with Gasteiger partial charge in [0, 0.05) is 6.42 Å². The van der Waals surface area contributed by atoms with Crippen LogP contribution in [-0.2, 0) is 18.4 Å². The first-order chi connectivity index (χ1) is 25.5. The van der Waals surface area contributed by atoms with Crippen molar-refractivity contribution in [3.8, 4) is 0 Å². The number of nitrogens with one attached hydrogen (secondary N) is 1. The molecule has 0 fully saturated rings. The normalized spacial score (nSPS) is 14.3. The lowest BCUT2D eigenvalue weighted by molar-refractivity contribution is -0.870. The Morgan fingerprint density at radius 1 is 0.585 bits per heavy atom. The lowest BCUT2D eigenvalue weighted by Crippen LogP contribution is -2.46. The lowest BCUT2D eigenvalue weighted by atomic mass is 10.0. The number of unbranched alkanes of at least 4 members (excludes halogenated alkanes) is 29. The van der Waals surface area contributed by atoms with E-state index in [1.807, 2.05) is 21.1 Å². The fraction of sp³-hybridized carbons (Fsp3) is 0.977. The maximum Gasteiger partial charge on any atom is 0.268 e. The maximum absolute atomic E-state index is 12.7. The molecule has 9 heteroatoms. The Balaban J connectivity index is 4.06. The zero-order chi connectivity index (χ0) is 39.3. The van der Waals surface area contributed by atoms with Crippen LogP contribution >= 0.6 is 7.82 Å². The molecule has 0 aliphatic carbocycles. The van der Waals surface area contributed by atoms with Gasteiger partial charge in [0.2, 0.25) is 5.91 Å². The molecule has 3 atom stereocenters. The van der Waals surface area contributed by atoms with Crippen molar-refractivity contribution in [1.82, 2.24) is 5.32 Å². The molecule has 318 valence electrons. The van der Waals surface area contributed by atoms with E-state index in [2.05, 4.69) is 19.2 Å². The number of nitrogens with zero attached hydrogens (tertiary/aromatic N) is 1. The second kappa shape index (κ2) is 37.1. The molecule has 8 nitrogen and oxygen atoms in total. The van der Waals surface area contributed by atoms with Gasteiger partial charge in [-0.15, -0.1) is 0 Å². The standard InChI is InChI=1S/C44H91N2O6P/c1-6-8-10-12-14-15-16-17-18-19-20-21-22-23-24-25-26-27-28-29-30-32-33-35-37-43(47)42(41-52-53(49,50)51-40-39-46(3,4)5)45-44(48)38-36-34-31-13-11-9-7-2/h42-43,47H,6-41H2,1-5H3,(H-,45,48,49,50). The van der Waals surface area contributed by atoms with E-state index in [9.17, 15) is 19.4 Å². The van der Waals surface area contributed by atoms with Gasteiger partial charge in [0.1, 0.15) is 13.2 Å². The number of likely N-dealkylation sites (N-methyl/N-ethyl adjacent to an activating group) is 1. The summed E-state index contributed by atoms with van der Waals surface area (Å²) in [7, 11) is 1.31. The predicted molar refractivity (Wildman–Crippen MR) is 224 cm³/mol. The van der Waals surface area contributed by atoms with Crippen molar-refractivity contribution in [2.24, 2.45) is 0 Å². The second-order valence-electron chi connectivity index (χ2n) is 17.1. The van der Waals surface area contributed by atoms with Crippen LogP contribution in [0.4, 0.5) is 0 Å². The highest BCUT2D eigenvalue weighted by Gasteiger charge is 2.24. The smallest absolute Gasteiger partial charge is 0.268 e. The molecule has 53 heavy (non-hydrogen) atoms. The minimum absolute atomic E-state index is 0.0155. The molecule has 0 saturated carbocycles. The molecular formula is C44H91N2O6P. The molecule has 0 rings (SSSR count). The highest BCUT2D eigenvalue weighted by Crippen LogP contribution is 2.38. The number of hydrogen-bond donors (Lipinski definition) is 2. The van der Waals surface area contributed by atoms with Gasteiger partial charge < -0.3 is 28.8 Å². The largest absolute Gasteiger partial charge is 0.756 e. The zero-order valence-electron chi connectivity index (χ0n) is 36.0. The molecule has 2 N–H and O–H groups in total.